The molecule has 0 radical (unpaired) electrons. The van der Waals surface area contributed by atoms with Crippen molar-refractivity contribution in [2.45, 2.75) is 0 Å². The van der Waals surface area contributed by atoms with Gasteiger partial charge in [0.2, 0.25) is 5.91 Å². The molecular weight excluding hydrogens is 499 g/mol. The summed E-state index contributed by atoms with van der Waals surface area (Å²) in [6.07, 6.45) is 2.38. The molecule has 0 atom stereocenters. The number of carbonyl (C=O) groups excluding carboxylic acids is 3. The monoisotopic (exact) mass is 508 g/mol. The number of benzene rings is 2. The van der Waals surface area contributed by atoms with E-state index < -0.39 is 29.0 Å². The van der Waals surface area contributed by atoms with Crippen LogP contribution in [0.4, 0.5) is 10.5 Å². The molecule has 11 heteroatoms. The lowest BCUT2D eigenvalue weighted by atomic mass is 10.1. The van der Waals surface area contributed by atoms with Gasteiger partial charge in [-0.05, 0) is 48.2 Å². The summed E-state index contributed by atoms with van der Waals surface area (Å²) < 4.78 is 5.42. The number of fused-ring (bicyclic) bond motifs is 1. The number of imide groups is 1. The highest BCUT2D eigenvalue weighted by atomic mass is 35.5. The van der Waals surface area contributed by atoms with E-state index in [9.17, 15) is 19.2 Å². The first-order chi connectivity index (χ1) is 15.2. The maximum Gasteiger partial charge on any atom is 0.294 e. The van der Waals surface area contributed by atoms with Gasteiger partial charge in [-0.1, -0.05) is 40.9 Å². The minimum atomic E-state index is -0.704. The number of nitrogens with one attached hydrogen (secondary N) is 1. The number of amides is 3. The second kappa shape index (κ2) is 8.99. The van der Waals surface area contributed by atoms with Gasteiger partial charge in [-0.3, -0.25) is 24.1 Å². The standard InChI is InChI=1S/C21H11Cl3N2O5S/c22-11-2-1-3-13(5-11)25-17(27)8-26-20(29)16(32-21(26)30)4-10-9-31-19-14(18(10)28)6-12(23)7-15(19)24/h1-7,9H,8H2,(H,25,27)/b16-4-. The summed E-state index contributed by atoms with van der Waals surface area (Å²) in [5.74, 6) is -1.28. The number of halogens is 3. The van der Waals surface area contributed by atoms with Crippen molar-refractivity contribution >= 4 is 86.4 Å². The molecule has 1 fully saturated rings. The zero-order valence-electron chi connectivity index (χ0n) is 15.9. The lowest BCUT2D eigenvalue weighted by molar-refractivity contribution is -0.127. The molecule has 3 amide bonds. The van der Waals surface area contributed by atoms with Gasteiger partial charge in [-0.25, -0.2) is 0 Å². The Hall–Kier alpha value is -2.78. The number of carbonyl (C=O) groups is 3. The van der Waals surface area contributed by atoms with E-state index in [1.807, 2.05) is 0 Å². The molecule has 1 aromatic heterocycles. The molecule has 7 nitrogen and oxygen atoms in total. The van der Waals surface area contributed by atoms with Gasteiger partial charge in [0, 0.05) is 15.7 Å². The van der Waals surface area contributed by atoms with E-state index in [2.05, 4.69) is 5.32 Å². The normalized spacial score (nSPS) is 15.1. The number of hydrogen-bond acceptors (Lipinski definition) is 6. The van der Waals surface area contributed by atoms with E-state index in [-0.39, 0.29) is 31.5 Å². The van der Waals surface area contributed by atoms with Gasteiger partial charge in [0.05, 0.1) is 20.9 Å². The Morgan fingerprint density at radius 3 is 2.62 bits per heavy atom. The fraction of sp³-hybridized carbons (Fsp3) is 0.0476. The first-order valence-corrected chi connectivity index (χ1v) is 10.9. The first kappa shape index (κ1) is 22.4. The molecule has 0 spiro atoms. The van der Waals surface area contributed by atoms with Crippen LogP contribution < -0.4 is 10.7 Å². The highest BCUT2D eigenvalue weighted by molar-refractivity contribution is 8.18. The molecular formula is C21H11Cl3N2O5S. The van der Waals surface area contributed by atoms with Gasteiger partial charge < -0.3 is 9.73 Å². The topological polar surface area (TPSA) is 96.7 Å². The summed E-state index contributed by atoms with van der Waals surface area (Å²) in [5, 5.41) is 2.90. The second-order valence-electron chi connectivity index (χ2n) is 6.61. The number of rotatable bonds is 4. The third-order valence-corrected chi connectivity index (χ3v) is 6.03. The van der Waals surface area contributed by atoms with Crippen LogP contribution in [0.1, 0.15) is 5.56 Å². The molecule has 2 aromatic carbocycles. The predicted molar refractivity (Wildman–Crippen MR) is 125 cm³/mol. The lowest BCUT2D eigenvalue weighted by Crippen LogP contribution is -2.36. The van der Waals surface area contributed by atoms with Crippen LogP contribution in [0.15, 0.2) is 56.8 Å². The van der Waals surface area contributed by atoms with E-state index in [0.717, 1.165) is 11.2 Å². The molecule has 2 heterocycles. The van der Waals surface area contributed by atoms with Gasteiger partial charge in [-0.15, -0.1) is 0 Å². The second-order valence-corrected chi connectivity index (χ2v) is 8.88. The Kier molecular flexibility index (Phi) is 6.30. The Bertz CT molecular complexity index is 1390. The van der Waals surface area contributed by atoms with Gasteiger partial charge in [0.1, 0.15) is 12.8 Å². The highest BCUT2D eigenvalue weighted by Gasteiger charge is 2.36. The first-order valence-electron chi connectivity index (χ1n) is 8.94. The van der Waals surface area contributed by atoms with Crippen LogP contribution in [0.2, 0.25) is 15.1 Å². The molecule has 162 valence electrons. The Morgan fingerprint density at radius 1 is 1.09 bits per heavy atom. The Morgan fingerprint density at radius 2 is 1.88 bits per heavy atom. The summed E-state index contributed by atoms with van der Waals surface area (Å²) >= 11 is 18.5. The van der Waals surface area contributed by atoms with E-state index in [1.165, 1.54) is 24.3 Å². The number of thioether (sulfide) groups is 1. The summed E-state index contributed by atoms with van der Waals surface area (Å²) in [7, 11) is 0. The van der Waals surface area contributed by atoms with Crippen molar-refractivity contribution < 1.29 is 18.8 Å². The van der Waals surface area contributed by atoms with Crippen molar-refractivity contribution in [1.29, 1.82) is 0 Å². The van der Waals surface area contributed by atoms with E-state index >= 15 is 0 Å². The van der Waals surface area contributed by atoms with Crippen molar-refractivity contribution in [3.8, 4) is 0 Å². The largest absolute Gasteiger partial charge is 0.462 e. The predicted octanol–water partition coefficient (Wildman–Crippen LogP) is 5.43. The molecule has 4 rings (SSSR count). The van der Waals surface area contributed by atoms with Crippen LogP contribution in [0.5, 0.6) is 0 Å². The number of nitrogens with zero attached hydrogens (tertiary/aromatic N) is 1. The molecule has 0 saturated carbocycles. The molecule has 32 heavy (non-hydrogen) atoms. The van der Waals surface area contributed by atoms with Crippen LogP contribution in [-0.4, -0.2) is 28.5 Å². The van der Waals surface area contributed by atoms with Crippen LogP contribution in [-0.2, 0) is 9.59 Å². The smallest absolute Gasteiger partial charge is 0.294 e. The van der Waals surface area contributed by atoms with Crippen molar-refractivity contribution in [1.82, 2.24) is 4.90 Å². The van der Waals surface area contributed by atoms with Gasteiger partial charge in [-0.2, -0.15) is 0 Å². The lowest BCUT2D eigenvalue weighted by Gasteiger charge is -2.12. The Balaban J connectivity index is 1.57. The minimum absolute atomic E-state index is 0.0228. The molecule has 1 saturated heterocycles. The average molecular weight is 510 g/mol. The van der Waals surface area contributed by atoms with Gasteiger partial charge >= 0.3 is 0 Å². The summed E-state index contributed by atoms with van der Waals surface area (Å²) in [6, 6.07) is 9.28. The zero-order chi connectivity index (χ0) is 23.0. The third kappa shape index (κ3) is 4.54. The average Bonchev–Trinajstić information content (AvgIpc) is 2.98. The fourth-order valence-corrected chi connectivity index (χ4v) is 4.53. The Labute approximate surface area is 199 Å². The van der Waals surface area contributed by atoms with Crippen LogP contribution in [0.25, 0.3) is 17.0 Å². The number of anilines is 1. The van der Waals surface area contributed by atoms with Crippen molar-refractivity contribution in [3.63, 3.8) is 0 Å². The van der Waals surface area contributed by atoms with Crippen LogP contribution >= 0.6 is 46.6 Å². The van der Waals surface area contributed by atoms with E-state index in [4.69, 9.17) is 39.2 Å². The third-order valence-electron chi connectivity index (χ3n) is 4.39. The van der Waals surface area contributed by atoms with Crippen molar-refractivity contribution in [3.05, 3.63) is 78.4 Å². The van der Waals surface area contributed by atoms with Crippen molar-refractivity contribution in [2.75, 3.05) is 11.9 Å². The molecule has 1 N–H and O–H groups in total. The van der Waals surface area contributed by atoms with Crippen LogP contribution in [0, 0.1) is 0 Å². The van der Waals surface area contributed by atoms with E-state index in [1.54, 1.807) is 18.2 Å². The molecule has 0 aliphatic carbocycles. The van der Waals surface area contributed by atoms with E-state index in [0.29, 0.717) is 22.5 Å². The molecule has 0 bridgehead atoms. The van der Waals surface area contributed by atoms with Gasteiger partial charge in [0.15, 0.2) is 11.0 Å². The maximum absolute atomic E-state index is 12.8. The summed E-state index contributed by atoms with van der Waals surface area (Å²) in [6.45, 7) is -0.494. The summed E-state index contributed by atoms with van der Waals surface area (Å²) in [4.78, 5) is 50.8. The molecule has 1 aliphatic heterocycles. The van der Waals surface area contributed by atoms with Crippen LogP contribution in [0.3, 0.4) is 0 Å². The minimum Gasteiger partial charge on any atom is -0.462 e. The SMILES string of the molecule is O=C(CN1C(=O)S/C(=C\c2coc3c(Cl)cc(Cl)cc3c2=O)C1=O)Nc1cccc(Cl)c1. The number of hydrogen-bond donors (Lipinski definition) is 1. The zero-order valence-corrected chi connectivity index (χ0v) is 18.9. The van der Waals surface area contributed by atoms with Gasteiger partial charge in [0.25, 0.3) is 11.1 Å². The quantitative estimate of drug-likeness (QED) is 0.471. The molecule has 1 aliphatic rings. The maximum atomic E-state index is 12.8. The highest BCUT2D eigenvalue weighted by Crippen LogP contribution is 2.32. The fourth-order valence-electron chi connectivity index (χ4n) is 2.97. The van der Waals surface area contributed by atoms with Crippen molar-refractivity contribution in [2.24, 2.45) is 0 Å². The molecule has 0 unspecified atom stereocenters. The molecule has 3 aromatic rings. The summed E-state index contributed by atoms with van der Waals surface area (Å²) in [5.41, 5.74) is 0.144.